The van der Waals surface area contributed by atoms with Gasteiger partial charge in [0.1, 0.15) is 35.6 Å². The normalized spacial score (nSPS) is 22.3. The van der Waals surface area contributed by atoms with Crippen molar-refractivity contribution < 1.29 is 78.2 Å². The minimum Gasteiger partial charge on any atom is -0.504 e. The van der Waals surface area contributed by atoms with Crippen molar-refractivity contribution in [1.82, 2.24) is 0 Å². The SMILES string of the molecule is COc1cc(-c2cc(=O)c3c(O)c(OC)c(OC(=O)C[C@](C)(O)CC(=O)O)c(OC)c3o2)ccc1O[C@@H]1O[C@H](CO)[C@@H](O)[C@@H](O)[C@H]1O. The van der Waals surface area contributed by atoms with E-state index in [0.717, 1.165) is 27.2 Å². The second-order valence-corrected chi connectivity index (χ2v) is 10.8. The van der Waals surface area contributed by atoms with Crippen LogP contribution in [0.25, 0.3) is 22.3 Å². The summed E-state index contributed by atoms with van der Waals surface area (Å²) in [6.07, 6.45) is -9.25. The number of aliphatic carboxylic acids is 1. The van der Waals surface area contributed by atoms with Gasteiger partial charge in [0.2, 0.25) is 23.5 Å². The molecule has 1 aromatic heterocycles. The summed E-state index contributed by atoms with van der Waals surface area (Å²) in [4.78, 5) is 37.1. The van der Waals surface area contributed by atoms with Gasteiger partial charge >= 0.3 is 11.9 Å². The minimum absolute atomic E-state index is 0.00310. The fourth-order valence-corrected chi connectivity index (χ4v) is 4.97. The van der Waals surface area contributed by atoms with Crippen molar-refractivity contribution in [2.75, 3.05) is 27.9 Å². The minimum atomic E-state index is -1.99. The topological polar surface area (TPSA) is 261 Å². The molecule has 47 heavy (non-hydrogen) atoms. The van der Waals surface area contributed by atoms with Crippen molar-refractivity contribution in [3.8, 4) is 45.8 Å². The number of hydrogen-bond donors (Lipinski definition) is 7. The number of fused-ring (bicyclic) bond motifs is 1. The van der Waals surface area contributed by atoms with Gasteiger partial charge in [-0.15, -0.1) is 0 Å². The number of aliphatic hydroxyl groups is 5. The first-order valence-electron chi connectivity index (χ1n) is 13.9. The zero-order valence-corrected chi connectivity index (χ0v) is 25.5. The molecule has 4 rings (SSSR count). The van der Waals surface area contributed by atoms with Crippen molar-refractivity contribution in [3.63, 3.8) is 0 Å². The number of methoxy groups -OCH3 is 3. The van der Waals surface area contributed by atoms with E-state index in [-0.39, 0.29) is 34.2 Å². The Bertz CT molecular complexity index is 1690. The molecule has 1 fully saturated rings. The number of esters is 1. The lowest BCUT2D eigenvalue weighted by Gasteiger charge is -2.39. The van der Waals surface area contributed by atoms with Gasteiger partial charge in [-0.1, -0.05) is 0 Å². The van der Waals surface area contributed by atoms with Gasteiger partial charge in [0, 0.05) is 11.6 Å². The van der Waals surface area contributed by atoms with E-state index >= 15 is 0 Å². The molecule has 0 unspecified atom stereocenters. The number of ether oxygens (including phenoxy) is 6. The highest BCUT2D eigenvalue weighted by molar-refractivity contribution is 5.96. The molecular weight excluding hydrogens is 632 g/mol. The largest absolute Gasteiger partial charge is 0.504 e. The number of phenols is 1. The Kier molecular flexibility index (Phi) is 10.5. The summed E-state index contributed by atoms with van der Waals surface area (Å²) in [5.74, 6) is -4.64. The molecule has 256 valence electrons. The standard InChI is InChI=1S/C30H34O17/c1-30(40,9-18(33)34)10-19(35)47-28-26(42-3)22(37)20-13(32)8-15(44-25(20)27(28)43-4)12-5-6-14(16(7-12)41-2)45-29-24(39)23(38)21(36)17(11-31)46-29/h5-8,17,21,23-24,29,31,36-40H,9-11H2,1-4H3,(H,33,34)/t17-,21-,23-,24-,29-,30-/m1/s1. The lowest BCUT2D eigenvalue weighted by atomic mass is 9.98. The summed E-state index contributed by atoms with van der Waals surface area (Å²) in [5.41, 5.74) is -2.89. The Morgan fingerprint density at radius 2 is 1.60 bits per heavy atom. The molecule has 6 atom stereocenters. The Morgan fingerprint density at radius 1 is 0.915 bits per heavy atom. The molecule has 7 N–H and O–H groups in total. The molecule has 0 amide bonds. The maximum absolute atomic E-state index is 13.3. The van der Waals surface area contributed by atoms with Crippen LogP contribution in [0.3, 0.4) is 0 Å². The van der Waals surface area contributed by atoms with Crippen LogP contribution in [0, 0.1) is 0 Å². The predicted octanol–water partition coefficient (Wildman–Crippen LogP) is -0.109. The highest BCUT2D eigenvalue weighted by Crippen LogP contribution is 2.50. The molecule has 17 nitrogen and oxygen atoms in total. The maximum Gasteiger partial charge on any atom is 0.314 e. The van der Waals surface area contributed by atoms with Gasteiger partial charge in [-0.05, 0) is 25.1 Å². The lowest BCUT2D eigenvalue weighted by molar-refractivity contribution is -0.277. The quantitative estimate of drug-likeness (QED) is 0.0982. The Balaban J connectivity index is 1.75. The molecule has 0 aliphatic carbocycles. The first kappa shape index (κ1) is 35.2. The van der Waals surface area contributed by atoms with E-state index < -0.39 is 95.8 Å². The molecule has 0 bridgehead atoms. The Morgan fingerprint density at radius 3 is 2.19 bits per heavy atom. The maximum atomic E-state index is 13.3. The average Bonchev–Trinajstić information content (AvgIpc) is 3.00. The van der Waals surface area contributed by atoms with Crippen molar-refractivity contribution in [2.45, 2.75) is 56.1 Å². The highest BCUT2D eigenvalue weighted by atomic mass is 16.7. The molecule has 17 heteroatoms. The number of hydrogen-bond acceptors (Lipinski definition) is 16. The molecule has 1 aliphatic heterocycles. The molecule has 1 saturated heterocycles. The number of carbonyl (C=O) groups is 2. The molecular formula is C30H34O17. The van der Waals surface area contributed by atoms with Gasteiger partial charge in [0.25, 0.3) is 0 Å². The fourth-order valence-electron chi connectivity index (χ4n) is 4.97. The van der Waals surface area contributed by atoms with Crippen LogP contribution < -0.4 is 29.1 Å². The van der Waals surface area contributed by atoms with E-state index in [2.05, 4.69) is 0 Å². The highest BCUT2D eigenvalue weighted by Gasteiger charge is 2.45. The second-order valence-electron chi connectivity index (χ2n) is 10.8. The van der Waals surface area contributed by atoms with Crippen molar-refractivity contribution in [2.24, 2.45) is 0 Å². The van der Waals surface area contributed by atoms with Gasteiger partial charge in [0.05, 0.1) is 46.4 Å². The summed E-state index contributed by atoms with van der Waals surface area (Å²) >= 11 is 0. The number of rotatable bonds is 12. The predicted molar refractivity (Wildman–Crippen MR) is 157 cm³/mol. The van der Waals surface area contributed by atoms with Crippen molar-refractivity contribution in [3.05, 3.63) is 34.5 Å². The van der Waals surface area contributed by atoms with Crippen LogP contribution in [-0.4, -0.2) is 112 Å². The van der Waals surface area contributed by atoms with Gasteiger partial charge in [-0.3, -0.25) is 14.4 Å². The van der Waals surface area contributed by atoms with E-state index in [0.29, 0.717) is 0 Å². The molecule has 2 aromatic carbocycles. The van der Waals surface area contributed by atoms with E-state index in [9.17, 15) is 45.0 Å². The van der Waals surface area contributed by atoms with Crippen molar-refractivity contribution >= 4 is 22.9 Å². The van der Waals surface area contributed by atoms with Crippen LogP contribution in [-0.2, 0) is 14.3 Å². The Hall–Kier alpha value is -4.65. The summed E-state index contributed by atoms with van der Waals surface area (Å²) in [5, 5.41) is 69.8. The van der Waals surface area contributed by atoms with E-state index in [1.54, 1.807) is 0 Å². The van der Waals surface area contributed by atoms with Gasteiger partial charge < -0.3 is 68.6 Å². The number of benzene rings is 2. The number of carboxylic acids is 1. The average molecular weight is 667 g/mol. The van der Waals surface area contributed by atoms with Crippen LogP contribution in [0.5, 0.6) is 34.5 Å². The molecule has 1 aliphatic rings. The first-order valence-corrected chi connectivity index (χ1v) is 13.9. The summed E-state index contributed by atoms with van der Waals surface area (Å²) < 4.78 is 38.3. The van der Waals surface area contributed by atoms with Crippen LogP contribution >= 0.6 is 0 Å². The third kappa shape index (κ3) is 7.19. The Labute approximate surface area is 265 Å². The van der Waals surface area contributed by atoms with E-state index in [4.69, 9.17) is 37.9 Å². The molecule has 0 radical (unpaired) electrons. The monoisotopic (exact) mass is 666 g/mol. The number of phenolic OH excluding ortho intramolecular Hbond substituents is 1. The zero-order chi connectivity index (χ0) is 34.8. The second kappa shape index (κ2) is 14.0. The van der Waals surface area contributed by atoms with Crippen LogP contribution in [0.4, 0.5) is 0 Å². The van der Waals surface area contributed by atoms with Gasteiger partial charge in [-0.2, -0.15) is 0 Å². The smallest absolute Gasteiger partial charge is 0.314 e. The van der Waals surface area contributed by atoms with Gasteiger partial charge in [0.15, 0.2) is 28.3 Å². The third-order valence-corrected chi connectivity index (χ3v) is 7.24. The number of carboxylic acid groups (broad SMARTS) is 1. The number of aromatic hydroxyl groups is 1. The molecule has 0 spiro atoms. The third-order valence-electron chi connectivity index (χ3n) is 7.24. The zero-order valence-electron chi connectivity index (χ0n) is 25.5. The molecule has 3 aromatic rings. The van der Waals surface area contributed by atoms with E-state index in [1.165, 1.54) is 25.3 Å². The molecule has 2 heterocycles. The van der Waals surface area contributed by atoms with Crippen LogP contribution in [0.15, 0.2) is 33.5 Å². The number of aliphatic hydroxyl groups excluding tert-OH is 4. The fraction of sp³-hybridized carbons (Fsp3) is 0.433. The molecule has 0 saturated carbocycles. The number of carbonyl (C=O) groups excluding carboxylic acids is 1. The van der Waals surface area contributed by atoms with E-state index in [1.807, 2.05) is 0 Å². The van der Waals surface area contributed by atoms with Crippen LogP contribution in [0.2, 0.25) is 0 Å². The van der Waals surface area contributed by atoms with Gasteiger partial charge in [-0.25, -0.2) is 0 Å². The summed E-state index contributed by atoms with van der Waals surface area (Å²) in [6.45, 7) is 0.452. The van der Waals surface area contributed by atoms with Crippen molar-refractivity contribution in [1.29, 1.82) is 0 Å². The van der Waals surface area contributed by atoms with Crippen LogP contribution in [0.1, 0.15) is 19.8 Å². The summed E-state index contributed by atoms with van der Waals surface area (Å²) in [6, 6.07) is 5.21. The first-order chi connectivity index (χ1) is 22.2. The summed E-state index contributed by atoms with van der Waals surface area (Å²) in [7, 11) is 3.57. The lowest BCUT2D eigenvalue weighted by Crippen LogP contribution is -2.60.